The summed E-state index contributed by atoms with van der Waals surface area (Å²) in [7, 11) is 0. The summed E-state index contributed by atoms with van der Waals surface area (Å²) < 4.78 is 11.1. The Morgan fingerprint density at radius 1 is 1.28 bits per heavy atom. The van der Waals surface area contributed by atoms with E-state index in [1.807, 2.05) is 18.2 Å². The molecule has 1 saturated carbocycles. The minimum atomic E-state index is -0.420. The van der Waals surface area contributed by atoms with Gasteiger partial charge >= 0.3 is 5.97 Å². The first-order chi connectivity index (χ1) is 14.1. The van der Waals surface area contributed by atoms with E-state index in [1.165, 1.54) is 43.9 Å². The molecule has 0 atom stereocenters. The molecule has 5 nitrogen and oxygen atoms in total. The van der Waals surface area contributed by atoms with Gasteiger partial charge in [0.1, 0.15) is 10.1 Å². The zero-order valence-electron chi connectivity index (χ0n) is 16.7. The molecule has 1 saturated heterocycles. The molecular formula is C22H27NO4S2. The molecule has 7 heteroatoms. The van der Waals surface area contributed by atoms with Crippen molar-refractivity contribution in [3.63, 3.8) is 0 Å². The van der Waals surface area contributed by atoms with Crippen molar-refractivity contribution in [3.05, 3.63) is 34.7 Å². The van der Waals surface area contributed by atoms with Gasteiger partial charge in [0.25, 0.3) is 5.91 Å². The van der Waals surface area contributed by atoms with Crippen LogP contribution in [-0.2, 0) is 14.3 Å². The standard InChI is InChI=1S/C22H27NO4S2/c1-2-26-20(24)15-27-18-11-7-6-10-17(18)14-19-21(25)23(22(28)29-19)13-12-16-8-4-3-5-9-16/h6-7,10-11,14,16H,2-5,8-9,12-13,15H2,1H3. The first-order valence-corrected chi connectivity index (χ1v) is 11.4. The van der Waals surface area contributed by atoms with Crippen LogP contribution in [0.5, 0.6) is 5.75 Å². The third kappa shape index (κ3) is 6.06. The van der Waals surface area contributed by atoms with Gasteiger partial charge in [0.15, 0.2) is 6.61 Å². The highest BCUT2D eigenvalue weighted by Crippen LogP contribution is 2.35. The van der Waals surface area contributed by atoms with Crippen LogP contribution in [0.3, 0.4) is 0 Å². The van der Waals surface area contributed by atoms with E-state index in [0.29, 0.717) is 34.0 Å². The van der Waals surface area contributed by atoms with Crippen molar-refractivity contribution >= 4 is 46.3 Å². The fourth-order valence-electron chi connectivity index (χ4n) is 3.69. The number of amides is 1. The Hall–Kier alpha value is -1.86. The molecule has 156 valence electrons. The second kappa shape index (κ2) is 10.8. The fraction of sp³-hybridized carbons (Fsp3) is 0.500. The number of hydrogen-bond donors (Lipinski definition) is 0. The number of hydrogen-bond acceptors (Lipinski definition) is 6. The summed E-state index contributed by atoms with van der Waals surface area (Å²) in [5, 5.41) is 0. The van der Waals surface area contributed by atoms with Crippen LogP contribution in [0.1, 0.15) is 51.0 Å². The highest BCUT2D eigenvalue weighted by atomic mass is 32.2. The topological polar surface area (TPSA) is 55.8 Å². The molecule has 1 aromatic carbocycles. The number of carbonyl (C=O) groups excluding carboxylic acids is 2. The van der Waals surface area contributed by atoms with E-state index in [9.17, 15) is 9.59 Å². The van der Waals surface area contributed by atoms with Crippen molar-refractivity contribution in [1.29, 1.82) is 0 Å². The van der Waals surface area contributed by atoms with Crippen molar-refractivity contribution in [1.82, 2.24) is 4.90 Å². The van der Waals surface area contributed by atoms with E-state index in [0.717, 1.165) is 12.0 Å². The van der Waals surface area contributed by atoms with Gasteiger partial charge < -0.3 is 9.47 Å². The lowest BCUT2D eigenvalue weighted by molar-refractivity contribution is -0.145. The number of carbonyl (C=O) groups is 2. The molecule has 1 aliphatic carbocycles. The van der Waals surface area contributed by atoms with E-state index in [2.05, 4.69) is 0 Å². The van der Waals surface area contributed by atoms with Gasteiger partial charge in [0, 0.05) is 12.1 Å². The molecule has 0 bridgehead atoms. The number of nitrogens with zero attached hydrogens (tertiary/aromatic N) is 1. The van der Waals surface area contributed by atoms with E-state index < -0.39 is 5.97 Å². The smallest absolute Gasteiger partial charge is 0.344 e. The van der Waals surface area contributed by atoms with Crippen molar-refractivity contribution in [2.24, 2.45) is 5.92 Å². The van der Waals surface area contributed by atoms with Gasteiger partial charge in [-0.3, -0.25) is 9.69 Å². The van der Waals surface area contributed by atoms with Gasteiger partial charge in [-0.05, 0) is 31.4 Å². The molecule has 0 N–H and O–H groups in total. The zero-order chi connectivity index (χ0) is 20.6. The van der Waals surface area contributed by atoms with Crippen molar-refractivity contribution in [3.8, 4) is 5.75 Å². The number of ether oxygens (including phenoxy) is 2. The van der Waals surface area contributed by atoms with Crippen LogP contribution in [0.25, 0.3) is 6.08 Å². The van der Waals surface area contributed by atoms with Gasteiger partial charge in [-0.1, -0.05) is 74.3 Å². The maximum absolute atomic E-state index is 12.9. The summed E-state index contributed by atoms with van der Waals surface area (Å²) in [5.74, 6) is 0.773. The SMILES string of the molecule is CCOC(=O)COc1ccccc1C=C1SC(=S)N(CCC2CCCCC2)C1=O. The number of para-hydroxylation sites is 1. The van der Waals surface area contributed by atoms with Crippen molar-refractivity contribution < 1.29 is 19.1 Å². The van der Waals surface area contributed by atoms with Crippen molar-refractivity contribution in [2.45, 2.75) is 45.4 Å². The Kier molecular flexibility index (Phi) is 8.12. The molecule has 3 rings (SSSR count). The Labute approximate surface area is 181 Å². The second-order valence-corrected chi connectivity index (χ2v) is 8.93. The fourth-order valence-corrected chi connectivity index (χ4v) is 4.99. The van der Waals surface area contributed by atoms with E-state index in [4.69, 9.17) is 21.7 Å². The van der Waals surface area contributed by atoms with Gasteiger partial charge in [0.05, 0.1) is 11.5 Å². The number of thioether (sulfide) groups is 1. The molecule has 0 aromatic heterocycles. The van der Waals surface area contributed by atoms with E-state index >= 15 is 0 Å². The van der Waals surface area contributed by atoms with Gasteiger partial charge in [0.2, 0.25) is 0 Å². The molecule has 1 heterocycles. The molecule has 29 heavy (non-hydrogen) atoms. The minimum Gasteiger partial charge on any atom is -0.481 e. The highest BCUT2D eigenvalue weighted by Gasteiger charge is 2.32. The molecule has 2 fully saturated rings. The molecule has 1 amide bonds. The summed E-state index contributed by atoms with van der Waals surface area (Å²) in [6.07, 6.45) is 9.25. The summed E-state index contributed by atoms with van der Waals surface area (Å²) in [6, 6.07) is 7.32. The Bertz CT molecular complexity index is 787. The largest absolute Gasteiger partial charge is 0.481 e. The van der Waals surface area contributed by atoms with Crippen LogP contribution in [0.15, 0.2) is 29.2 Å². The number of benzene rings is 1. The quantitative estimate of drug-likeness (QED) is 0.333. The Balaban J connectivity index is 1.65. The Morgan fingerprint density at radius 2 is 2.03 bits per heavy atom. The van der Waals surface area contributed by atoms with Crippen LogP contribution < -0.4 is 4.74 Å². The summed E-state index contributed by atoms with van der Waals surface area (Å²) in [5.41, 5.74) is 0.740. The van der Waals surface area contributed by atoms with E-state index in [1.54, 1.807) is 24.0 Å². The van der Waals surface area contributed by atoms with Crippen LogP contribution in [0, 0.1) is 5.92 Å². The lowest BCUT2D eigenvalue weighted by Gasteiger charge is -2.23. The lowest BCUT2D eigenvalue weighted by atomic mass is 9.87. The predicted octanol–water partition coefficient (Wildman–Crippen LogP) is 4.80. The second-order valence-electron chi connectivity index (χ2n) is 7.26. The van der Waals surface area contributed by atoms with Crippen LogP contribution in [0.2, 0.25) is 0 Å². The van der Waals surface area contributed by atoms with Crippen LogP contribution in [-0.4, -0.2) is 40.9 Å². The minimum absolute atomic E-state index is 0.0454. The third-order valence-electron chi connectivity index (χ3n) is 5.22. The first kappa shape index (κ1) is 21.8. The van der Waals surface area contributed by atoms with Gasteiger partial charge in [-0.2, -0.15) is 0 Å². The average Bonchev–Trinajstić information content (AvgIpc) is 2.99. The van der Waals surface area contributed by atoms with E-state index in [-0.39, 0.29) is 12.5 Å². The molecule has 0 radical (unpaired) electrons. The summed E-state index contributed by atoms with van der Waals surface area (Å²) in [4.78, 5) is 26.8. The number of esters is 1. The summed E-state index contributed by atoms with van der Waals surface area (Å²) >= 11 is 6.79. The van der Waals surface area contributed by atoms with Crippen LogP contribution >= 0.6 is 24.0 Å². The maximum Gasteiger partial charge on any atom is 0.344 e. The zero-order valence-corrected chi connectivity index (χ0v) is 18.4. The monoisotopic (exact) mass is 433 g/mol. The highest BCUT2D eigenvalue weighted by molar-refractivity contribution is 8.26. The average molecular weight is 434 g/mol. The van der Waals surface area contributed by atoms with Crippen LogP contribution in [0.4, 0.5) is 0 Å². The molecule has 1 aromatic rings. The molecule has 1 aliphatic heterocycles. The molecule has 0 unspecified atom stereocenters. The summed E-state index contributed by atoms with van der Waals surface area (Å²) in [6.45, 7) is 2.59. The third-order valence-corrected chi connectivity index (χ3v) is 6.59. The van der Waals surface area contributed by atoms with Crippen molar-refractivity contribution in [2.75, 3.05) is 19.8 Å². The number of rotatable bonds is 8. The normalized spacial score (nSPS) is 19.1. The van der Waals surface area contributed by atoms with Gasteiger partial charge in [-0.15, -0.1) is 0 Å². The van der Waals surface area contributed by atoms with Gasteiger partial charge in [-0.25, -0.2) is 4.79 Å². The molecule has 2 aliphatic rings. The maximum atomic E-state index is 12.9. The molecule has 0 spiro atoms. The lowest BCUT2D eigenvalue weighted by Crippen LogP contribution is -2.30. The predicted molar refractivity (Wildman–Crippen MR) is 120 cm³/mol. The first-order valence-electron chi connectivity index (χ1n) is 10.2. The number of thiocarbonyl (C=S) groups is 1. The Morgan fingerprint density at radius 3 is 2.79 bits per heavy atom. The molecular weight excluding hydrogens is 406 g/mol.